The second-order valence-corrected chi connectivity index (χ2v) is 8.19. The van der Waals surface area contributed by atoms with Crippen LogP contribution in [-0.4, -0.2) is 40.6 Å². The molecule has 3 aromatic rings. The van der Waals surface area contributed by atoms with E-state index in [-0.39, 0.29) is 4.90 Å². The minimum atomic E-state index is -3.85. The molecule has 1 atom stereocenters. The molecule has 146 valence electrons. The van der Waals surface area contributed by atoms with Crippen LogP contribution >= 0.6 is 11.6 Å². The monoisotopic (exact) mass is 420 g/mol. The van der Waals surface area contributed by atoms with Gasteiger partial charge in [0.05, 0.1) is 16.6 Å². The number of halogens is 1. The molecule has 9 nitrogen and oxygen atoms in total. The fraction of sp³-hybridized carbons (Fsp3) is 0.176. The van der Waals surface area contributed by atoms with Gasteiger partial charge in [0.25, 0.3) is 0 Å². The van der Waals surface area contributed by atoms with Crippen molar-refractivity contribution in [2.45, 2.75) is 24.8 Å². The van der Waals surface area contributed by atoms with Gasteiger partial charge in [0, 0.05) is 10.7 Å². The van der Waals surface area contributed by atoms with Crippen LogP contribution < -0.4 is 10.0 Å². The molecule has 3 rings (SSSR count). The van der Waals surface area contributed by atoms with E-state index in [1.54, 1.807) is 18.2 Å². The molecule has 0 bridgehead atoms. The van der Waals surface area contributed by atoms with Crippen molar-refractivity contribution in [2.75, 3.05) is 5.32 Å². The highest BCUT2D eigenvalue weighted by atomic mass is 35.5. The van der Waals surface area contributed by atoms with E-state index < -0.39 is 22.0 Å². The van der Waals surface area contributed by atoms with Gasteiger partial charge in [-0.3, -0.25) is 4.79 Å². The maximum atomic E-state index is 12.4. The van der Waals surface area contributed by atoms with Crippen LogP contribution in [0.25, 0.3) is 5.69 Å². The van der Waals surface area contributed by atoms with Crippen molar-refractivity contribution >= 4 is 33.2 Å². The smallest absolute Gasteiger partial charge is 0.242 e. The van der Waals surface area contributed by atoms with Crippen molar-refractivity contribution in [3.8, 4) is 5.69 Å². The first-order chi connectivity index (χ1) is 13.3. The lowest BCUT2D eigenvalue weighted by Gasteiger charge is -2.15. The van der Waals surface area contributed by atoms with E-state index in [1.165, 1.54) is 42.2 Å². The number of sulfonamides is 1. The maximum Gasteiger partial charge on any atom is 0.242 e. The van der Waals surface area contributed by atoms with Crippen molar-refractivity contribution in [3.63, 3.8) is 0 Å². The van der Waals surface area contributed by atoms with Gasteiger partial charge in [0.1, 0.15) is 6.33 Å². The summed E-state index contributed by atoms with van der Waals surface area (Å²) in [4.78, 5) is 12.4. The highest BCUT2D eigenvalue weighted by Crippen LogP contribution is 2.18. The van der Waals surface area contributed by atoms with Gasteiger partial charge < -0.3 is 5.32 Å². The van der Waals surface area contributed by atoms with Crippen molar-refractivity contribution in [1.29, 1.82) is 0 Å². The van der Waals surface area contributed by atoms with Gasteiger partial charge in [0.15, 0.2) is 0 Å². The SMILES string of the molecule is Cc1cc(NC(=O)[C@H](C)NS(=O)(=O)c2ccc(Cl)cc2)ccc1-n1cnnn1. The molecule has 0 fully saturated rings. The van der Waals surface area contributed by atoms with E-state index >= 15 is 0 Å². The molecule has 0 saturated carbocycles. The van der Waals surface area contributed by atoms with Gasteiger partial charge in [-0.25, -0.2) is 13.1 Å². The molecular weight excluding hydrogens is 404 g/mol. The predicted octanol–water partition coefficient (Wildman–Crippen LogP) is 1.93. The number of aromatic nitrogens is 4. The normalized spacial score (nSPS) is 12.5. The van der Waals surface area contributed by atoms with Crippen LogP contribution in [0.15, 0.2) is 53.7 Å². The summed E-state index contributed by atoms with van der Waals surface area (Å²) in [5, 5.41) is 14.1. The number of rotatable bonds is 6. The van der Waals surface area contributed by atoms with Crippen molar-refractivity contribution in [1.82, 2.24) is 24.9 Å². The number of tetrazole rings is 1. The summed E-state index contributed by atoms with van der Waals surface area (Å²) in [7, 11) is -3.85. The molecule has 0 unspecified atom stereocenters. The van der Waals surface area contributed by atoms with Crippen LogP contribution in [0.1, 0.15) is 12.5 Å². The maximum absolute atomic E-state index is 12.4. The summed E-state index contributed by atoms with van der Waals surface area (Å²) in [6.45, 7) is 3.31. The van der Waals surface area contributed by atoms with E-state index in [4.69, 9.17) is 11.6 Å². The van der Waals surface area contributed by atoms with E-state index in [0.29, 0.717) is 10.7 Å². The Morgan fingerprint density at radius 2 is 1.89 bits per heavy atom. The fourth-order valence-electron chi connectivity index (χ4n) is 2.48. The minimum absolute atomic E-state index is 0.0261. The quantitative estimate of drug-likeness (QED) is 0.628. The lowest BCUT2D eigenvalue weighted by molar-refractivity contribution is -0.117. The first-order valence-electron chi connectivity index (χ1n) is 8.19. The summed E-state index contributed by atoms with van der Waals surface area (Å²) < 4.78 is 28.6. The second-order valence-electron chi connectivity index (χ2n) is 6.04. The van der Waals surface area contributed by atoms with E-state index in [1.807, 2.05) is 6.92 Å². The predicted molar refractivity (Wildman–Crippen MR) is 104 cm³/mol. The van der Waals surface area contributed by atoms with Gasteiger partial charge in [-0.15, -0.1) is 5.10 Å². The molecule has 0 aliphatic rings. The average molecular weight is 421 g/mol. The van der Waals surface area contributed by atoms with Crippen LogP contribution in [0.3, 0.4) is 0 Å². The van der Waals surface area contributed by atoms with Gasteiger partial charge in [-0.1, -0.05) is 11.6 Å². The summed E-state index contributed by atoms with van der Waals surface area (Å²) in [6, 6.07) is 9.88. The van der Waals surface area contributed by atoms with Crippen LogP contribution in [0.4, 0.5) is 5.69 Å². The van der Waals surface area contributed by atoms with Crippen molar-refractivity contribution in [2.24, 2.45) is 0 Å². The Labute approximate surface area is 166 Å². The summed E-state index contributed by atoms with van der Waals surface area (Å²) in [5.41, 5.74) is 2.12. The third kappa shape index (κ3) is 4.53. The van der Waals surface area contributed by atoms with Crippen molar-refractivity contribution < 1.29 is 13.2 Å². The van der Waals surface area contributed by atoms with Crippen LogP contribution in [0, 0.1) is 6.92 Å². The van der Waals surface area contributed by atoms with Crippen LogP contribution in [0.2, 0.25) is 5.02 Å². The third-order valence-electron chi connectivity index (χ3n) is 3.91. The Morgan fingerprint density at radius 3 is 2.50 bits per heavy atom. The number of benzene rings is 2. The molecule has 1 amide bonds. The summed E-state index contributed by atoms with van der Waals surface area (Å²) >= 11 is 5.77. The number of nitrogens with zero attached hydrogens (tertiary/aromatic N) is 4. The molecule has 0 spiro atoms. The third-order valence-corrected chi connectivity index (χ3v) is 5.72. The fourth-order valence-corrected chi connectivity index (χ4v) is 3.81. The van der Waals surface area contributed by atoms with Gasteiger partial charge >= 0.3 is 0 Å². The average Bonchev–Trinajstić information content (AvgIpc) is 3.16. The zero-order valence-corrected chi connectivity index (χ0v) is 16.6. The highest BCUT2D eigenvalue weighted by molar-refractivity contribution is 7.89. The Morgan fingerprint density at radius 1 is 1.18 bits per heavy atom. The molecule has 1 heterocycles. The van der Waals surface area contributed by atoms with Gasteiger partial charge in [-0.05, 0) is 72.3 Å². The topological polar surface area (TPSA) is 119 Å². The number of carbonyl (C=O) groups is 1. The van der Waals surface area contributed by atoms with Crippen LogP contribution in [-0.2, 0) is 14.8 Å². The zero-order valence-electron chi connectivity index (χ0n) is 15.0. The molecule has 11 heteroatoms. The van der Waals surface area contributed by atoms with E-state index in [2.05, 4.69) is 25.6 Å². The number of anilines is 1. The Bertz CT molecular complexity index is 1080. The Balaban J connectivity index is 1.69. The molecule has 0 aliphatic heterocycles. The van der Waals surface area contributed by atoms with E-state index in [0.717, 1.165) is 11.3 Å². The molecule has 28 heavy (non-hydrogen) atoms. The molecule has 0 saturated heterocycles. The van der Waals surface area contributed by atoms with Crippen LogP contribution in [0.5, 0.6) is 0 Å². The number of amides is 1. The standard InChI is InChI=1S/C17H17ClN6O3S/c1-11-9-14(5-8-16(11)24-10-19-22-23-24)20-17(25)12(2)21-28(26,27)15-6-3-13(18)4-7-15/h3-10,12,21H,1-2H3,(H,20,25)/t12-/m0/s1. The number of carbonyl (C=O) groups excluding carboxylic acids is 1. The molecule has 0 aliphatic carbocycles. The highest BCUT2D eigenvalue weighted by Gasteiger charge is 2.22. The zero-order chi connectivity index (χ0) is 20.3. The lowest BCUT2D eigenvalue weighted by atomic mass is 10.1. The second kappa shape index (κ2) is 8.05. The van der Waals surface area contributed by atoms with E-state index in [9.17, 15) is 13.2 Å². The molecular formula is C17H17ClN6O3S. The Hall–Kier alpha value is -2.82. The molecule has 2 aromatic carbocycles. The summed E-state index contributed by atoms with van der Waals surface area (Å²) in [6.07, 6.45) is 1.47. The summed E-state index contributed by atoms with van der Waals surface area (Å²) in [5.74, 6) is -0.493. The van der Waals surface area contributed by atoms with Gasteiger partial charge in [0.2, 0.25) is 15.9 Å². The molecule has 1 aromatic heterocycles. The molecule has 2 N–H and O–H groups in total. The first kappa shape index (κ1) is 19.9. The Kier molecular flexibility index (Phi) is 5.73. The molecule has 0 radical (unpaired) electrons. The number of hydrogen-bond acceptors (Lipinski definition) is 6. The minimum Gasteiger partial charge on any atom is -0.325 e. The number of nitrogens with one attached hydrogen (secondary N) is 2. The van der Waals surface area contributed by atoms with Crippen molar-refractivity contribution in [3.05, 3.63) is 59.4 Å². The lowest BCUT2D eigenvalue weighted by Crippen LogP contribution is -2.41. The number of hydrogen-bond donors (Lipinski definition) is 2. The largest absolute Gasteiger partial charge is 0.325 e. The first-order valence-corrected chi connectivity index (χ1v) is 10.0. The van der Waals surface area contributed by atoms with Gasteiger partial charge in [-0.2, -0.15) is 4.72 Å². The number of aryl methyl sites for hydroxylation is 1.